The zero-order chi connectivity index (χ0) is 19.5. The van der Waals surface area contributed by atoms with Crippen LogP contribution in [0.25, 0.3) is 0 Å². The highest BCUT2D eigenvalue weighted by atomic mass is 16.5. The lowest BCUT2D eigenvalue weighted by molar-refractivity contribution is 0.0257. The Labute approximate surface area is 161 Å². The van der Waals surface area contributed by atoms with Crippen molar-refractivity contribution >= 4 is 11.9 Å². The van der Waals surface area contributed by atoms with Gasteiger partial charge in [-0.15, -0.1) is 0 Å². The van der Waals surface area contributed by atoms with Gasteiger partial charge in [0.25, 0.3) is 0 Å². The summed E-state index contributed by atoms with van der Waals surface area (Å²) in [5.74, 6) is -0.990. The topological polar surface area (TPSA) is 52.6 Å². The molecule has 0 aliphatic carbocycles. The standard InChI is InChI=1S/C23H28O4/c1-3-5-7-14-19(4-2)27-23(25)21-16-11-10-15-20(21)22(24)26-17-18-12-8-6-9-13-18/h6,8-13,15-16,19H,3-5,7,14,17H2,1-2H3. The van der Waals surface area contributed by atoms with E-state index in [1.54, 1.807) is 24.3 Å². The molecule has 4 heteroatoms. The number of unbranched alkanes of at least 4 members (excludes halogenated alkanes) is 2. The first-order chi connectivity index (χ1) is 13.2. The highest BCUT2D eigenvalue weighted by Crippen LogP contribution is 2.17. The molecule has 2 rings (SSSR count). The lowest BCUT2D eigenvalue weighted by Crippen LogP contribution is -2.20. The summed E-state index contributed by atoms with van der Waals surface area (Å²) in [7, 11) is 0. The van der Waals surface area contributed by atoms with Gasteiger partial charge >= 0.3 is 11.9 Å². The van der Waals surface area contributed by atoms with E-state index in [0.717, 1.165) is 37.7 Å². The first-order valence-electron chi connectivity index (χ1n) is 9.66. The predicted octanol–water partition coefficient (Wildman–Crippen LogP) is 5.56. The highest BCUT2D eigenvalue weighted by Gasteiger charge is 2.21. The first-order valence-corrected chi connectivity index (χ1v) is 9.66. The minimum Gasteiger partial charge on any atom is -0.459 e. The molecule has 0 N–H and O–H groups in total. The second-order valence-electron chi connectivity index (χ2n) is 6.54. The number of carbonyl (C=O) groups is 2. The van der Waals surface area contributed by atoms with Crippen LogP contribution in [-0.2, 0) is 16.1 Å². The van der Waals surface area contributed by atoms with Gasteiger partial charge in [0.05, 0.1) is 11.1 Å². The van der Waals surface area contributed by atoms with Crippen LogP contribution in [0.5, 0.6) is 0 Å². The van der Waals surface area contributed by atoms with Gasteiger partial charge < -0.3 is 9.47 Å². The summed E-state index contributed by atoms with van der Waals surface area (Å²) >= 11 is 0. The molecule has 0 aliphatic rings. The van der Waals surface area contributed by atoms with Crippen molar-refractivity contribution in [2.24, 2.45) is 0 Å². The van der Waals surface area contributed by atoms with Crippen LogP contribution in [0.1, 0.15) is 72.2 Å². The highest BCUT2D eigenvalue weighted by molar-refractivity contribution is 6.03. The zero-order valence-electron chi connectivity index (χ0n) is 16.1. The van der Waals surface area contributed by atoms with Crippen molar-refractivity contribution in [1.82, 2.24) is 0 Å². The minimum absolute atomic E-state index is 0.127. The number of carbonyl (C=O) groups excluding carboxylic acids is 2. The van der Waals surface area contributed by atoms with Gasteiger partial charge in [0, 0.05) is 0 Å². The molecule has 0 saturated heterocycles. The van der Waals surface area contributed by atoms with E-state index in [4.69, 9.17) is 9.47 Å². The van der Waals surface area contributed by atoms with E-state index in [1.807, 2.05) is 37.3 Å². The summed E-state index contributed by atoms with van der Waals surface area (Å²) in [6.07, 6.45) is 4.75. The molecule has 144 valence electrons. The molecule has 0 heterocycles. The van der Waals surface area contributed by atoms with Gasteiger partial charge in [-0.05, 0) is 37.0 Å². The number of esters is 2. The van der Waals surface area contributed by atoms with Crippen LogP contribution in [-0.4, -0.2) is 18.0 Å². The third kappa shape index (κ3) is 6.55. The third-order valence-corrected chi connectivity index (χ3v) is 4.44. The van der Waals surface area contributed by atoms with Crippen molar-refractivity contribution in [3.8, 4) is 0 Å². The summed E-state index contributed by atoms with van der Waals surface area (Å²) in [6.45, 7) is 4.31. The molecule has 0 fully saturated rings. The smallest absolute Gasteiger partial charge is 0.339 e. The molecule has 2 aromatic rings. The van der Waals surface area contributed by atoms with Gasteiger partial charge in [0.1, 0.15) is 12.7 Å². The Morgan fingerprint density at radius 1 is 0.852 bits per heavy atom. The van der Waals surface area contributed by atoms with Gasteiger partial charge in [-0.25, -0.2) is 9.59 Å². The van der Waals surface area contributed by atoms with Crippen LogP contribution in [0.4, 0.5) is 0 Å². The number of benzene rings is 2. The summed E-state index contributed by atoms with van der Waals surface area (Å²) in [5, 5.41) is 0. The molecule has 0 spiro atoms. The van der Waals surface area contributed by atoms with E-state index < -0.39 is 11.9 Å². The SMILES string of the molecule is CCCCCC(CC)OC(=O)c1ccccc1C(=O)OCc1ccccc1. The molecule has 1 unspecified atom stereocenters. The quantitative estimate of drug-likeness (QED) is 0.407. The maximum absolute atomic E-state index is 12.6. The molecule has 2 aromatic carbocycles. The van der Waals surface area contributed by atoms with Crippen LogP contribution in [0.15, 0.2) is 54.6 Å². The fourth-order valence-corrected chi connectivity index (χ4v) is 2.82. The predicted molar refractivity (Wildman–Crippen MR) is 106 cm³/mol. The molecule has 0 bridgehead atoms. The van der Waals surface area contributed by atoms with E-state index >= 15 is 0 Å². The Hall–Kier alpha value is -2.62. The van der Waals surface area contributed by atoms with Crippen LogP contribution in [0.3, 0.4) is 0 Å². The molecule has 0 saturated carbocycles. The molecule has 0 aromatic heterocycles. The largest absolute Gasteiger partial charge is 0.459 e. The maximum Gasteiger partial charge on any atom is 0.339 e. The molecule has 4 nitrogen and oxygen atoms in total. The molecule has 0 amide bonds. The second-order valence-corrected chi connectivity index (χ2v) is 6.54. The van der Waals surface area contributed by atoms with Crippen molar-refractivity contribution < 1.29 is 19.1 Å². The van der Waals surface area contributed by atoms with Crippen molar-refractivity contribution in [3.05, 3.63) is 71.3 Å². The molecular formula is C23H28O4. The van der Waals surface area contributed by atoms with Crippen LogP contribution < -0.4 is 0 Å². The zero-order valence-corrected chi connectivity index (χ0v) is 16.1. The molecule has 0 radical (unpaired) electrons. The van der Waals surface area contributed by atoms with Gasteiger partial charge in [-0.3, -0.25) is 0 Å². The minimum atomic E-state index is -0.523. The number of rotatable bonds is 10. The van der Waals surface area contributed by atoms with E-state index in [2.05, 4.69) is 6.92 Å². The lowest BCUT2D eigenvalue weighted by Gasteiger charge is -2.17. The van der Waals surface area contributed by atoms with Crippen LogP contribution in [0.2, 0.25) is 0 Å². The Morgan fingerprint density at radius 2 is 1.48 bits per heavy atom. The maximum atomic E-state index is 12.6. The Bertz CT molecular complexity index is 724. The van der Waals surface area contributed by atoms with Crippen LogP contribution >= 0.6 is 0 Å². The molecule has 0 aliphatic heterocycles. The monoisotopic (exact) mass is 368 g/mol. The van der Waals surface area contributed by atoms with Crippen molar-refractivity contribution in [1.29, 1.82) is 0 Å². The average Bonchev–Trinajstić information content (AvgIpc) is 2.72. The van der Waals surface area contributed by atoms with Gasteiger partial charge in [0.15, 0.2) is 0 Å². The van der Waals surface area contributed by atoms with Crippen molar-refractivity contribution in [3.63, 3.8) is 0 Å². The van der Waals surface area contributed by atoms with E-state index in [-0.39, 0.29) is 23.8 Å². The Kier molecular flexibility index (Phi) is 8.56. The Balaban J connectivity index is 2.02. The van der Waals surface area contributed by atoms with E-state index in [9.17, 15) is 9.59 Å². The van der Waals surface area contributed by atoms with Crippen molar-refractivity contribution in [2.45, 2.75) is 58.7 Å². The number of ether oxygens (including phenoxy) is 2. The lowest BCUT2D eigenvalue weighted by atomic mass is 10.1. The van der Waals surface area contributed by atoms with Crippen LogP contribution in [0, 0.1) is 0 Å². The molecule has 1 atom stereocenters. The summed E-state index contributed by atoms with van der Waals surface area (Å²) in [5.41, 5.74) is 1.39. The second kappa shape index (κ2) is 11.2. The number of hydrogen-bond acceptors (Lipinski definition) is 4. The fourth-order valence-electron chi connectivity index (χ4n) is 2.82. The molecular weight excluding hydrogens is 340 g/mol. The summed E-state index contributed by atoms with van der Waals surface area (Å²) in [6, 6.07) is 16.1. The average molecular weight is 368 g/mol. The van der Waals surface area contributed by atoms with E-state index in [0.29, 0.717) is 0 Å². The first kappa shape index (κ1) is 20.7. The summed E-state index contributed by atoms with van der Waals surface area (Å²) < 4.78 is 11.0. The third-order valence-electron chi connectivity index (χ3n) is 4.44. The van der Waals surface area contributed by atoms with Gasteiger partial charge in [-0.2, -0.15) is 0 Å². The molecule has 27 heavy (non-hydrogen) atoms. The summed E-state index contributed by atoms with van der Waals surface area (Å²) in [4.78, 5) is 25.1. The number of hydrogen-bond donors (Lipinski definition) is 0. The normalized spacial score (nSPS) is 11.6. The van der Waals surface area contributed by atoms with E-state index in [1.165, 1.54) is 0 Å². The van der Waals surface area contributed by atoms with Gasteiger partial charge in [0.2, 0.25) is 0 Å². The van der Waals surface area contributed by atoms with Crippen molar-refractivity contribution in [2.75, 3.05) is 0 Å². The fraction of sp³-hybridized carbons (Fsp3) is 0.391. The Morgan fingerprint density at radius 3 is 2.11 bits per heavy atom. The van der Waals surface area contributed by atoms with Gasteiger partial charge in [-0.1, -0.05) is 69.2 Å².